The Hall–Kier alpha value is -2.70. The highest BCUT2D eigenvalue weighted by Crippen LogP contribution is 2.27. The third-order valence-electron chi connectivity index (χ3n) is 5.57. The quantitative estimate of drug-likeness (QED) is 0.489. The van der Waals surface area contributed by atoms with E-state index in [2.05, 4.69) is 15.7 Å². The fourth-order valence-corrected chi connectivity index (χ4v) is 5.36. The summed E-state index contributed by atoms with van der Waals surface area (Å²) in [5.41, 5.74) is 2.53. The van der Waals surface area contributed by atoms with Crippen LogP contribution in [0.5, 0.6) is 0 Å². The molecule has 1 aliphatic carbocycles. The van der Waals surface area contributed by atoms with E-state index in [4.69, 9.17) is 11.6 Å². The summed E-state index contributed by atoms with van der Waals surface area (Å²) in [6, 6.07) is 2.25. The van der Waals surface area contributed by atoms with Gasteiger partial charge in [0.05, 0.1) is 28.4 Å². The number of carbonyl (C=O) groups is 2. The van der Waals surface area contributed by atoms with E-state index in [-0.39, 0.29) is 28.8 Å². The van der Waals surface area contributed by atoms with E-state index in [1.165, 1.54) is 17.0 Å². The number of sulfonamides is 1. The molecule has 3 amide bonds. The molecule has 2 atom stereocenters. The Morgan fingerprint density at radius 1 is 1.29 bits per heavy atom. The van der Waals surface area contributed by atoms with Crippen LogP contribution in [0.15, 0.2) is 24.7 Å². The summed E-state index contributed by atoms with van der Waals surface area (Å²) < 4.78 is 41.3. The fourth-order valence-electron chi connectivity index (χ4n) is 3.88. The van der Waals surface area contributed by atoms with Gasteiger partial charge < -0.3 is 14.8 Å². The maximum atomic E-state index is 14.5. The van der Waals surface area contributed by atoms with Crippen molar-refractivity contribution in [2.45, 2.75) is 31.7 Å². The lowest BCUT2D eigenvalue weighted by atomic mass is 9.87. The Balaban J connectivity index is 1.63. The summed E-state index contributed by atoms with van der Waals surface area (Å²) in [6.45, 7) is 0. The predicted octanol–water partition coefficient (Wildman–Crippen LogP) is 2.27. The van der Waals surface area contributed by atoms with Crippen LogP contribution in [0.4, 0.5) is 9.18 Å². The Morgan fingerprint density at radius 2 is 2.03 bits per heavy atom. The second-order valence-electron chi connectivity index (χ2n) is 8.66. The van der Waals surface area contributed by atoms with Crippen LogP contribution in [-0.2, 0) is 17.1 Å². The van der Waals surface area contributed by atoms with E-state index in [1.54, 1.807) is 38.2 Å². The van der Waals surface area contributed by atoms with Gasteiger partial charge in [-0.2, -0.15) is 0 Å². The van der Waals surface area contributed by atoms with E-state index < -0.39 is 27.3 Å². The van der Waals surface area contributed by atoms with Crippen molar-refractivity contribution in [3.63, 3.8) is 0 Å². The zero-order valence-electron chi connectivity index (χ0n) is 19.1. The maximum absolute atomic E-state index is 14.5. The molecule has 2 aromatic rings. The van der Waals surface area contributed by atoms with E-state index in [1.807, 2.05) is 4.83 Å². The molecule has 0 bridgehead atoms. The van der Waals surface area contributed by atoms with Crippen molar-refractivity contribution in [2.75, 3.05) is 19.8 Å². The number of imidazole rings is 1. The molecule has 1 aromatic heterocycles. The van der Waals surface area contributed by atoms with Gasteiger partial charge in [0.1, 0.15) is 0 Å². The first-order valence-electron chi connectivity index (χ1n) is 10.7. The molecule has 2 unspecified atom stereocenters. The number of hydrogen-bond acceptors (Lipinski definition) is 5. The van der Waals surface area contributed by atoms with Crippen LogP contribution in [0.3, 0.4) is 0 Å². The number of urea groups is 1. The molecule has 1 heterocycles. The molecule has 34 heavy (non-hydrogen) atoms. The topological polar surface area (TPSA) is 125 Å². The lowest BCUT2D eigenvalue weighted by molar-refractivity contribution is 0.0941. The Bertz CT molecular complexity index is 1170. The van der Waals surface area contributed by atoms with Gasteiger partial charge in [0.2, 0.25) is 10.0 Å². The van der Waals surface area contributed by atoms with E-state index in [0.29, 0.717) is 24.1 Å². The number of carbonyl (C=O) groups excluding carboxylic acids is 2. The normalized spacial score (nSPS) is 18.4. The van der Waals surface area contributed by atoms with Gasteiger partial charge in [-0.25, -0.2) is 22.6 Å². The van der Waals surface area contributed by atoms with E-state index in [9.17, 15) is 22.4 Å². The fraction of sp³-hybridized carbons (Fsp3) is 0.476. The maximum Gasteiger partial charge on any atom is 0.317 e. The molecule has 0 radical (unpaired) electrons. The molecule has 3 rings (SSSR count). The van der Waals surface area contributed by atoms with Crippen molar-refractivity contribution < 1.29 is 22.4 Å². The summed E-state index contributed by atoms with van der Waals surface area (Å²) in [7, 11) is 1.12. The minimum Gasteiger partial charge on any atom is -0.340 e. The van der Waals surface area contributed by atoms with Gasteiger partial charge in [0.25, 0.3) is 5.91 Å². The number of aryl methyl sites for hydroxylation is 1. The SMILES string of the molecule is CN(C)C(=O)NC1CCCC(CS(=O)(=O)NNC(=O)c2cc(-c3cn(C)cn3)cc(Cl)c2F)C1. The summed E-state index contributed by atoms with van der Waals surface area (Å²) in [5, 5.41) is 2.59. The van der Waals surface area contributed by atoms with Crippen molar-refractivity contribution >= 4 is 33.6 Å². The second-order valence-corrected chi connectivity index (χ2v) is 10.8. The molecule has 186 valence electrons. The molecule has 0 saturated heterocycles. The average Bonchev–Trinajstić information content (AvgIpc) is 3.20. The molecule has 1 saturated carbocycles. The van der Waals surface area contributed by atoms with E-state index >= 15 is 0 Å². The minimum absolute atomic E-state index is 0.121. The van der Waals surface area contributed by atoms with Crippen molar-refractivity contribution in [3.8, 4) is 11.3 Å². The van der Waals surface area contributed by atoms with Crippen LogP contribution < -0.4 is 15.6 Å². The lowest BCUT2D eigenvalue weighted by Gasteiger charge is -2.30. The Morgan fingerprint density at radius 3 is 2.68 bits per heavy atom. The number of benzene rings is 1. The van der Waals surface area contributed by atoms with Crippen molar-refractivity contribution in [2.24, 2.45) is 13.0 Å². The molecule has 1 fully saturated rings. The van der Waals surface area contributed by atoms with Crippen LogP contribution >= 0.6 is 11.6 Å². The third-order valence-corrected chi connectivity index (χ3v) is 7.16. The van der Waals surface area contributed by atoms with Gasteiger partial charge >= 0.3 is 6.03 Å². The molecular formula is C21H28ClFN6O4S. The highest BCUT2D eigenvalue weighted by atomic mass is 35.5. The first-order valence-corrected chi connectivity index (χ1v) is 12.7. The van der Waals surface area contributed by atoms with Gasteiger partial charge in [-0.1, -0.05) is 18.0 Å². The molecule has 3 N–H and O–H groups in total. The number of rotatable bonds is 7. The number of hydrogen-bond donors (Lipinski definition) is 3. The van der Waals surface area contributed by atoms with Crippen molar-refractivity contribution in [1.29, 1.82) is 0 Å². The van der Waals surface area contributed by atoms with Gasteiger partial charge in [-0.05, 0) is 37.3 Å². The number of aromatic nitrogens is 2. The van der Waals surface area contributed by atoms with E-state index in [0.717, 1.165) is 12.8 Å². The van der Waals surface area contributed by atoms with Crippen LogP contribution in [0.1, 0.15) is 36.0 Å². The molecule has 0 spiro atoms. The number of nitrogens with zero attached hydrogens (tertiary/aromatic N) is 3. The highest BCUT2D eigenvalue weighted by molar-refractivity contribution is 7.89. The van der Waals surface area contributed by atoms with Crippen molar-refractivity contribution in [1.82, 2.24) is 30.0 Å². The first-order chi connectivity index (χ1) is 15.9. The molecule has 13 heteroatoms. The van der Waals surface area contributed by atoms with Gasteiger partial charge in [0.15, 0.2) is 5.82 Å². The number of halogens is 2. The van der Waals surface area contributed by atoms with Crippen LogP contribution in [0.2, 0.25) is 5.02 Å². The highest BCUT2D eigenvalue weighted by Gasteiger charge is 2.28. The summed E-state index contributed by atoms with van der Waals surface area (Å²) in [5.74, 6) is -2.39. The smallest absolute Gasteiger partial charge is 0.317 e. The zero-order valence-corrected chi connectivity index (χ0v) is 20.7. The molecular weight excluding hydrogens is 487 g/mol. The monoisotopic (exact) mass is 514 g/mol. The van der Waals surface area contributed by atoms with Gasteiger partial charge in [-0.3, -0.25) is 10.2 Å². The third kappa shape index (κ3) is 6.67. The van der Waals surface area contributed by atoms with Crippen LogP contribution in [0, 0.1) is 11.7 Å². The Labute approximate surface area is 202 Å². The van der Waals surface area contributed by atoms with Crippen LogP contribution in [0.25, 0.3) is 11.3 Å². The number of nitrogens with one attached hydrogen (secondary N) is 3. The summed E-state index contributed by atoms with van der Waals surface area (Å²) >= 11 is 5.95. The van der Waals surface area contributed by atoms with Gasteiger partial charge in [-0.15, -0.1) is 4.83 Å². The average molecular weight is 515 g/mol. The van der Waals surface area contributed by atoms with Crippen LogP contribution in [-0.4, -0.2) is 60.7 Å². The predicted molar refractivity (Wildman–Crippen MR) is 126 cm³/mol. The molecule has 1 aromatic carbocycles. The molecule has 10 nitrogen and oxygen atoms in total. The zero-order chi connectivity index (χ0) is 25.0. The number of amides is 3. The Kier molecular flexibility index (Phi) is 8.16. The second kappa shape index (κ2) is 10.7. The van der Waals surface area contributed by atoms with Gasteiger partial charge in [0, 0.05) is 38.9 Å². The minimum atomic E-state index is -3.91. The van der Waals surface area contributed by atoms with Crippen molar-refractivity contribution in [3.05, 3.63) is 41.1 Å². The summed E-state index contributed by atoms with van der Waals surface area (Å²) in [6.07, 6.45) is 5.95. The lowest BCUT2D eigenvalue weighted by Crippen LogP contribution is -2.46. The molecule has 1 aliphatic rings. The summed E-state index contributed by atoms with van der Waals surface area (Å²) in [4.78, 5) is 32.1. The largest absolute Gasteiger partial charge is 0.340 e. The molecule has 0 aliphatic heterocycles. The standard InChI is InChI=1S/C21H28ClFN6O4S/c1-28(2)21(31)25-15-6-4-5-13(7-15)11-34(32,33)27-26-20(30)16-8-14(9-17(22)19(16)23)18-10-29(3)12-24-18/h8-10,12-13,15,27H,4-7,11H2,1-3H3,(H,25,31)(H,26,30). The first kappa shape index (κ1) is 25.9. The number of hydrazine groups is 1.